The van der Waals surface area contributed by atoms with Crippen molar-refractivity contribution in [3.63, 3.8) is 0 Å². The van der Waals surface area contributed by atoms with Crippen molar-refractivity contribution >= 4 is 17.7 Å². The summed E-state index contributed by atoms with van der Waals surface area (Å²) >= 11 is 0. The maximum Gasteiger partial charge on any atom is 1.00 e. The predicted octanol–water partition coefficient (Wildman–Crippen LogP) is -0.969. The zero-order chi connectivity index (χ0) is 21.2. The number of rotatable bonds is 11. The van der Waals surface area contributed by atoms with E-state index >= 15 is 0 Å². The van der Waals surface area contributed by atoms with E-state index in [-0.39, 0.29) is 64.5 Å². The molecule has 2 aromatic carbocycles. The number of para-hydroxylation sites is 2. The summed E-state index contributed by atoms with van der Waals surface area (Å²) < 4.78 is 0. The van der Waals surface area contributed by atoms with Crippen molar-refractivity contribution in [2.45, 2.75) is 32.1 Å². The van der Waals surface area contributed by atoms with Gasteiger partial charge in [-0.05, 0) is 37.1 Å². The molecule has 2 aromatic rings. The van der Waals surface area contributed by atoms with Crippen LogP contribution in [-0.4, -0.2) is 34.4 Å². The SMILES string of the molecule is O=C(NCCCCCCC(C(=O)[O-])C(=O)c1ccccc1O)c1ccccc1O.[Na+]. The Morgan fingerprint density at radius 1 is 0.833 bits per heavy atom. The van der Waals surface area contributed by atoms with Gasteiger partial charge >= 0.3 is 29.6 Å². The van der Waals surface area contributed by atoms with Gasteiger partial charge in [0.25, 0.3) is 5.91 Å². The third kappa shape index (κ3) is 7.48. The average Bonchev–Trinajstić information content (AvgIpc) is 2.70. The Labute approximate surface area is 197 Å². The van der Waals surface area contributed by atoms with Crippen LogP contribution in [0.15, 0.2) is 48.5 Å². The number of aromatic hydroxyl groups is 2. The normalized spacial score (nSPS) is 11.2. The van der Waals surface area contributed by atoms with Gasteiger partial charge in [0, 0.05) is 6.54 Å². The summed E-state index contributed by atoms with van der Waals surface area (Å²) in [6.45, 7) is 0.425. The molecule has 0 radical (unpaired) electrons. The minimum absolute atomic E-state index is 0. The molecule has 1 atom stereocenters. The summed E-state index contributed by atoms with van der Waals surface area (Å²) in [6.07, 6.45) is 2.74. The molecule has 0 saturated carbocycles. The topological polar surface area (TPSA) is 127 Å². The van der Waals surface area contributed by atoms with Gasteiger partial charge in [-0.15, -0.1) is 0 Å². The van der Waals surface area contributed by atoms with E-state index in [1.54, 1.807) is 24.3 Å². The van der Waals surface area contributed by atoms with E-state index in [0.29, 0.717) is 25.8 Å². The van der Waals surface area contributed by atoms with E-state index in [1.165, 1.54) is 24.3 Å². The first-order valence-electron chi connectivity index (χ1n) is 9.51. The van der Waals surface area contributed by atoms with E-state index in [0.717, 1.165) is 6.42 Å². The fourth-order valence-electron chi connectivity index (χ4n) is 3.02. The van der Waals surface area contributed by atoms with Crippen molar-refractivity contribution < 1.29 is 59.3 Å². The Hall–Kier alpha value is -2.35. The number of amides is 1. The number of aliphatic carboxylic acids is 1. The van der Waals surface area contributed by atoms with Crippen molar-refractivity contribution in [1.29, 1.82) is 0 Å². The fourth-order valence-corrected chi connectivity index (χ4v) is 3.02. The monoisotopic (exact) mass is 421 g/mol. The van der Waals surface area contributed by atoms with E-state index in [9.17, 15) is 29.7 Å². The minimum atomic E-state index is -1.45. The number of nitrogens with one attached hydrogen (secondary N) is 1. The molecule has 2 rings (SSSR count). The number of phenols is 2. The number of carboxylic acid groups (broad SMARTS) is 1. The van der Waals surface area contributed by atoms with E-state index in [4.69, 9.17) is 0 Å². The predicted molar refractivity (Wildman–Crippen MR) is 104 cm³/mol. The first-order valence-corrected chi connectivity index (χ1v) is 9.51. The number of unbranched alkanes of at least 4 members (excludes halogenated alkanes) is 3. The minimum Gasteiger partial charge on any atom is -0.549 e. The number of phenolic OH excluding ortho intramolecular Hbond substituents is 2. The van der Waals surface area contributed by atoms with Crippen LogP contribution in [-0.2, 0) is 4.79 Å². The maximum absolute atomic E-state index is 12.4. The van der Waals surface area contributed by atoms with Crippen LogP contribution in [0.25, 0.3) is 0 Å². The molecule has 0 bridgehead atoms. The Morgan fingerprint density at radius 3 is 1.93 bits per heavy atom. The summed E-state index contributed by atoms with van der Waals surface area (Å²) in [6, 6.07) is 12.1. The average molecular weight is 421 g/mol. The molecule has 154 valence electrons. The van der Waals surface area contributed by atoms with Crippen LogP contribution >= 0.6 is 0 Å². The third-order valence-corrected chi connectivity index (χ3v) is 4.62. The van der Waals surface area contributed by atoms with Crippen molar-refractivity contribution in [2.24, 2.45) is 5.92 Å². The van der Waals surface area contributed by atoms with E-state index < -0.39 is 17.7 Å². The number of hydrogen-bond donors (Lipinski definition) is 3. The molecule has 1 amide bonds. The summed E-state index contributed by atoms with van der Waals surface area (Å²) in [4.78, 5) is 35.7. The first-order chi connectivity index (χ1) is 13.9. The van der Waals surface area contributed by atoms with Gasteiger partial charge in [-0.3, -0.25) is 9.59 Å². The van der Waals surface area contributed by atoms with E-state index in [2.05, 4.69) is 5.32 Å². The summed E-state index contributed by atoms with van der Waals surface area (Å²) in [5.41, 5.74) is 0.195. The third-order valence-electron chi connectivity index (χ3n) is 4.62. The Kier molecular flexibility index (Phi) is 11.2. The number of carbonyl (C=O) groups is 3. The van der Waals surface area contributed by atoms with Crippen molar-refractivity contribution in [2.75, 3.05) is 6.54 Å². The summed E-state index contributed by atoms with van der Waals surface area (Å²) in [5, 5.41) is 33.4. The number of carboxylic acids is 1. The molecule has 0 aliphatic carbocycles. The Morgan fingerprint density at radius 2 is 1.37 bits per heavy atom. The fraction of sp³-hybridized carbons (Fsp3) is 0.318. The van der Waals surface area contributed by atoms with Gasteiger partial charge in [0.2, 0.25) is 0 Å². The Balaban J connectivity index is 0.00000450. The number of ketones is 1. The quantitative estimate of drug-likeness (QED) is 0.186. The molecule has 1 unspecified atom stereocenters. The van der Waals surface area contributed by atoms with Gasteiger partial charge in [-0.25, -0.2) is 0 Å². The van der Waals surface area contributed by atoms with Gasteiger partial charge in [0.15, 0.2) is 5.78 Å². The molecule has 7 nitrogen and oxygen atoms in total. The molecule has 0 spiro atoms. The van der Waals surface area contributed by atoms with Gasteiger partial charge in [-0.1, -0.05) is 43.5 Å². The molecule has 0 aromatic heterocycles. The molecule has 0 aliphatic heterocycles. The number of Topliss-reactive ketones (excluding diaryl/α,β-unsaturated/α-hetero) is 1. The van der Waals surface area contributed by atoms with Gasteiger partial charge in [0.05, 0.1) is 23.0 Å². The second-order valence-corrected chi connectivity index (χ2v) is 6.73. The second kappa shape index (κ2) is 13.1. The number of benzene rings is 2. The van der Waals surface area contributed by atoms with Crippen molar-refractivity contribution in [1.82, 2.24) is 5.32 Å². The molecular weight excluding hydrogens is 397 g/mol. The molecule has 8 heteroatoms. The van der Waals surface area contributed by atoms with Crippen LogP contribution in [0.3, 0.4) is 0 Å². The van der Waals surface area contributed by atoms with Crippen molar-refractivity contribution in [3.8, 4) is 11.5 Å². The van der Waals surface area contributed by atoms with Crippen molar-refractivity contribution in [3.05, 3.63) is 59.7 Å². The van der Waals surface area contributed by atoms with Crippen LogP contribution in [0.2, 0.25) is 0 Å². The van der Waals surface area contributed by atoms with Crippen LogP contribution in [0.5, 0.6) is 11.5 Å². The first kappa shape index (κ1) is 25.7. The molecule has 0 saturated heterocycles. The van der Waals surface area contributed by atoms with Crippen LogP contribution in [0.1, 0.15) is 52.8 Å². The van der Waals surface area contributed by atoms with Crippen LogP contribution in [0, 0.1) is 5.92 Å². The molecule has 0 aliphatic rings. The number of carbonyl (C=O) groups excluding carboxylic acids is 3. The molecule has 0 fully saturated rings. The standard InChI is InChI=1S/C22H25NO6.Na/c24-18-12-6-4-9-15(18)20(26)17(22(28)29)11-3-1-2-8-14-23-21(27)16-10-5-7-13-19(16)25;/h4-7,9-10,12-13,17,24-25H,1-3,8,11,14H2,(H,23,27)(H,28,29);/q;+1/p-1. The van der Waals surface area contributed by atoms with Gasteiger partial charge in [-0.2, -0.15) is 0 Å². The largest absolute Gasteiger partial charge is 1.00 e. The van der Waals surface area contributed by atoms with E-state index in [1.807, 2.05) is 0 Å². The van der Waals surface area contributed by atoms with Gasteiger partial charge < -0.3 is 25.4 Å². The second-order valence-electron chi connectivity index (χ2n) is 6.73. The van der Waals surface area contributed by atoms with Gasteiger partial charge in [0.1, 0.15) is 11.5 Å². The molecule has 3 N–H and O–H groups in total. The maximum atomic E-state index is 12.4. The zero-order valence-corrected chi connectivity index (χ0v) is 19.0. The number of hydrogen-bond acceptors (Lipinski definition) is 6. The molecule has 0 heterocycles. The smallest absolute Gasteiger partial charge is 0.549 e. The Bertz CT molecular complexity index is 870. The van der Waals surface area contributed by atoms with Crippen LogP contribution < -0.4 is 40.0 Å². The summed E-state index contributed by atoms with van der Waals surface area (Å²) in [5.74, 6) is -4.08. The molecule has 30 heavy (non-hydrogen) atoms. The van der Waals surface area contributed by atoms with Crippen LogP contribution in [0.4, 0.5) is 0 Å². The molecular formula is C22H24NNaO6. The zero-order valence-electron chi connectivity index (χ0n) is 17.0. The summed E-state index contributed by atoms with van der Waals surface area (Å²) in [7, 11) is 0.